The number of fused-ring (bicyclic) bond motifs is 2. The first-order chi connectivity index (χ1) is 17.1. The Morgan fingerprint density at radius 3 is 2.64 bits per heavy atom. The predicted molar refractivity (Wildman–Crippen MR) is 135 cm³/mol. The van der Waals surface area contributed by atoms with E-state index in [1.807, 2.05) is 6.92 Å². The van der Waals surface area contributed by atoms with Crippen LogP contribution in [0.5, 0.6) is 0 Å². The van der Waals surface area contributed by atoms with Crippen molar-refractivity contribution in [2.45, 2.75) is 95.9 Å². The van der Waals surface area contributed by atoms with Crippen LogP contribution < -0.4 is 11.1 Å². The second-order valence-electron chi connectivity index (χ2n) is 12.0. The Hall–Kier alpha value is -1.61. The number of aliphatic hydroxyl groups excluding tert-OH is 1. The molecule has 4 rings (SSSR count). The fourth-order valence-corrected chi connectivity index (χ4v) is 7.33. The van der Waals surface area contributed by atoms with Crippen LogP contribution in [0.4, 0.5) is 0 Å². The summed E-state index contributed by atoms with van der Waals surface area (Å²) >= 11 is 0. The Labute approximate surface area is 214 Å². The number of hydrogen-bond donors (Lipinski definition) is 3. The van der Waals surface area contributed by atoms with Gasteiger partial charge >= 0.3 is 5.97 Å². The molecule has 7 atom stereocenters. The molecule has 2 heterocycles. The van der Waals surface area contributed by atoms with Crippen LogP contribution in [0.1, 0.15) is 78.6 Å². The molecule has 4 fully saturated rings. The van der Waals surface area contributed by atoms with Crippen molar-refractivity contribution < 1.29 is 29.0 Å². The van der Waals surface area contributed by atoms with Gasteiger partial charge < -0.3 is 25.6 Å². The minimum absolute atomic E-state index is 0.0126. The summed E-state index contributed by atoms with van der Waals surface area (Å²) in [6, 6.07) is 0. The van der Waals surface area contributed by atoms with Crippen LogP contribution >= 0.6 is 0 Å². The van der Waals surface area contributed by atoms with Gasteiger partial charge in [-0.1, -0.05) is 25.8 Å². The molecule has 5 unspecified atom stereocenters. The van der Waals surface area contributed by atoms with Crippen LogP contribution in [-0.4, -0.2) is 60.3 Å². The molecule has 0 radical (unpaired) electrons. The number of carbonyl (C=O) groups excluding carboxylic acids is 3. The number of esters is 1. The quantitative estimate of drug-likeness (QED) is 0.189. The Morgan fingerprint density at radius 2 is 2.00 bits per heavy atom. The fraction of sp³-hybridized carbons (Fsp3) is 0.821. The number of nitrogens with two attached hydrogens (primary N) is 1. The number of carbonyl (C=O) groups is 3. The van der Waals surface area contributed by atoms with Crippen molar-refractivity contribution in [2.75, 3.05) is 20.3 Å². The van der Waals surface area contributed by atoms with Gasteiger partial charge in [-0.15, -0.1) is 0 Å². The standard InChI is InChI=1S/C28H44N2O6/c1-16(2)12-19-6-5-7-21-23(19)25(33)28(26(34)35-4)27(36-28,24(21)32)14-20(15-31)17(3)8-9-18-10-11-30-22(29)13-18/h16,18-19,21-23,30-31H,5-15,29H2,1-4H3/t18?,19?,21?,22?,23?,27-,28+/m0/s1. The summed E-state index contributed by atoms with van der Waals surface area (Å²) in [4.78, 5) is 41.1. The molecule has 2 aliphatic heterocycles. The highest BCUT2D eigenvalue weighted by molar-refractivity contribution is 6.23. The maximum Gasteiger partial charge on any atom is 0.349 e. The van der Waals surface area contributed by atoms with Crippen LogP contribution in [0.25, 0.3) is 0 Å². The maximum absolute atomic E-state index is 14.0. The summed E-state index contributed by atoms with van der Waals surface area (Å²) in [5, 5.41) is 13.5. The zero-order valence-electron chi connectivity index (χ0n) is 22.3. The smallest absolute Gasteiger partial charge is 0.349 e. The number of allylic oxidation sites excluding steroid dienone is 1. The van der Waals surface area contributed by atoms with Crippen molar-refractivity contribution in [3.8, 4) is 0 Å². The van der Waals surface area contributed by atoms with Gasteiger partial charge in [-0.2, -0.15) is 0 Å². The van der Waals surface area contributed by atoms with Gasteiger partial charge in [-0.05, 0) is 81.7 Å². The number of nitrogens with one attached hydrogen (secondary N) is 1. The number of aliphatic hydroxyl groups is 1. The minimum atomic E-state index is -1.88. The van der Waals surface area contributed by atoms with E-state index in [0.29, 0.717) is 23.8 Å². The highest BCUT2D eigenvalue weighted by atomic mass is 16.7. The first-order valence-electron chi connectivity index (χ1n) is 13.8. The van der Waals surface area contributed by atoms with E-state index in [4.69, 9.17) is 15.2 Å². The molecule has 0 aromatic heterocycles. The lowest BCUT2D eigenvalue weighted by Gasteiger charge is -2.42. The normalized spacial score (nSPS) is 38.8. The lowest BCUT2D eigenvalue weighted by Crippen LogP contribution is -2.60. The maximum atomic E-state index is 14.0. The van der Waals surface area contributed by atoms with Crippen LogP contribution in [0.3, 0.4) is 0 Å². The van der Waals surface area contributed by atoms with Crippen molar-refractivity contribution in [1.29, 1.82) is 0 Å². The number of ether oxygens (including phenoxy) is 2. The summed E-state index contributed by atoms with van der Waals surface area (Å²) in [6.45, 7) is 6.85. The van der Waals surface area contributed by atoms with E-state index in [9.17, 15) is 19.5 Å². The Morgan fingerprint density at radius 1 is 1.25 bits per heavy atom. The molecule has 202 valence electrons. The molecule has 36 heavy (non-hydrogen) atoms. The van der Waals surface area contributed by atoms with E-state index >= 15 is 0 Å². The topological polar surface area (TPSA) is 131 Å². The number of epoxide rings is 1. The Balaban J connectivity index is 1.60. The van der Waals surface area contributed by atoms with Crippen molar-refractivity contribution in [3.63, 3.8) is 0 Å². The number of Topliss-reactive ketones (excluding diaryl/α,β-unsaturated/α-hetero) is 2. The van der Waals surface area contributed by atoms with E-state index in [1.54, 1.807) is 0 Å². The summed E-state index contributed by atoms with van der Waals surface area (Å²) in [7, 11) is 1.23. The number of ketones is 2. The van der Waals surface area contributed by atoms with Crippen molar-refractivity contribution in [1.82, 2.24) is 5.32 Å². The summed E-state index contributed by atoms with van der Waals surface area (Å²) < 4.78 is 11.1. The highest BCUT2D eigenvalue weighted by Crippen LogP contribution is 2.63. The van der Waals surface area contributed by atoms with Gasteiger partial charge in [0.05, 0.1) is 19.9 Å². The average Bonchev–Trinajstić information content (AvgIpc) is 3.55. The molecular weight excluding hydrogens is 460 g/mol. The number of rotatable bonds is 9. The molecule has 2 saturated heterocycles. The molecule has 8 nitrogen and oxygen atoms in total. The predicted octanol–water partition coefficient (Wildman–Crippen LogP) is 2.66. The SMILES string of the molecule is COC(=O)[C@@]12O[C@@]1(CC(CO)=C(C)CCC1CCNC(N)C1)C(=O)C1CCCC(CC(C)C)C1C2=O. The van der Waals surface area contributed by atoms with E-state index < -0.39 is 29.0 Å². The third-order valence-electron chi connectivity index (χ3n) is 9.25. The first kappa shape index (κ1) is 27.4. The Bertz CT molecular complexity index is 916. The van der Waals surface area contributed by atoms with E-state index in [2.05, 4.69) is 19.2 Å². The Kier molecular flexibility index (Phi) is 8.10. The lowest BCUT2D eigenvalue weighted by molar-refractivity contribution is -0.158. The molecule has 0 spiro atoms. The van der Waals surface area contributed by atoms with Crippen LogP contribution in [0.2, 0.25) is 0 Å². The van der Waals surface area contributed by atoms with E-state index in [1.165, 1.54) is 7.11 Å². The van der Waals surface area contributed by atoms with Gasteiger partial charge in [-0.25, -0.2) is 4.79 Å². The van der Waals surface area contributed by atoms with Gasteiger partial charge in [0.25, 0.3) is 5.60 Å². The second kappa shape index (κ2) is 10.6. The van der Waals surface area contributed by atoms with Crippen molar-refractivity contribution in [2.24, 2.45) is 35.3 Å². The lowest BCUT2D eigenvalue weighted by atomic mass is 9.56. The van der Waals surface area contributed by atoms with Gasteiger partial charge in [0.1, 0.15) is 0 Å². The van der Waals surface area contributed by atoms with Crippen LogP contribution in [0.15, 0.2) is 11.1 Å². The molecule has 8 heteroatoms. The molecular formula is C28H44N2O6. The molecule has 0 aromatic carbocycles. The van der Waals surface area contributed by atoms with Crippen LogP contribution in [-0.2, 0) is 23.9 Å². The third kappa shape index (κ3) is 4.59. The zero-order chi connectivity index (χ0) is 26.3. The van der Waals surface area contributed by atoms with Crippen molar-refractivity contribution >= 4 is 17.5 Å². The van der Waals surface area contributed by atoms with Gasteiger partial charge in [0, 0.05) is 18.3 Å². The minimum Gasteiger partial charge on any atom is -0.466 e. The van der Waals surface area contributed by atoms with Gasteiger partial charge in [0.2, 0.25) is 0 Å². The molecule has 2 saturated carbocycles. The van der Waals surface area contributed by atoms with Crippen LogP contribution in [0, 0.1) is 29.6 Å². The third-order valence-corrected chi connectivity index (χ3v) is 9.25. The highest BCUT2D eigenvalue weighted by Gasteiger charge is 2.87. The fourth-order valence-electron chi connectivity index (χ4n) is 7.33. The molecule has 0 amide bonds. The van der Waals surface area contributed by atoms with Gasteiger partial charge in [-0.3, -0.25) is 9.59 Å². The number of methoxy groups -OCH3 is 1. The largest absolute Gasteiger partial charge is 0.466 e. The molecule has 0 aromatic rings. The van der Waals surface area contributed by atoms with E-state index in [-0.39, 0.29) is 36.7 Å². The first-order valence-corrected chi connectivity index (χ1v) is 13.8. The molecule has 4 aliphatic rings. The van der Waals surface area contributed by atoms with Gasteiger partial charge in [0.15, 0.2) is 17.2 Å². The van der Waals surface area contributed by atoms with Crippen molar-refractivity contribution in [3.05, 3.63) is 11.1 Å². The molecule has 4 N–H and O–H groups in total. The molecule has 0 bridgehead atoms. The second-order valence-corrected chi connectivity index (χ2v) is 12.0. The summed E-state index contributed by atoms with van der Waals surface area (Å²) in [5.41, 5.74) is 4.26. The average molecular weight is 505 g/mol. The monoisotopic (exact) mass is 504 g/mol. The zero-order valence-corrected chi connectivity index (χ0v) is 22.3. The molecule has 2 aliphatic carbocycles. The number of piperidine rings is 1. The summed E-state index contributed by atoms with van der Waals surface area (Å²) in [5.74, 6) is -1.22. The number of hydrogen-bond acceptors (Lipinski definition) is 8. The summed E-state index contributed by atoms with van der Waals surface area (Å²) in [6.07, 6.45) is 6.98. The van der Waals surface area contributed by atoms with E-state index in [0.717, 1.165) is 57.1 Å².